The SMILES string of the molecule is Cc1ccoc1C(=O)Nc1cc[nH]n1. The van der Waals surface area contributed by atoms with E-state index in [0.29, 0.717) is 11.6 Å². The Balaban J connectivity index is 2.14. The lowest BCUT2D eigenvalue weighted by atomic mass is 10.3. The Morgan fingerprint density at radius 3 is 3.00 bits per heavy atom. The Morgan fingerprint density at radius 2 is 2.43 bits per heavy atom. The van der Waals surface area contributed by atoms with Crippen LogP contribution in [0.4, 0.5) is 5.82 Å². The molecule has 2 aromatic heterocycles. The van der Waals surface area contributed by atoms with Crippen molar-refractivity contribution in [3.8, 4) is 0 Å². The number of aromatic amines is 1. The number of aromatic nitrogens is 2. The maximum Gasteiger partial charge on any atom is 0.292 e. The zero-order valence-electron chi connectivity index (χ0n) is 7.57. The molecule has 1 amide bonds. The third kappa shape index (κ3) is 1.52. The van der Waals surface area contributed by atoms with Crippen molar-refractivity contribution in [2.24, 2.45) is 0 Å². The van der Waals surface area contributed by atoms with Gasteiger partial charge in [-0.15, -0.1) is 0 Å². The van der Waals surface area contributed by atoms with Gasteiger partial charge < -0.3 is 9.73 Å². The fourth-order valence-electron chi connectivity index (χ4n) is 1.11. The molecule has 0 bridgehead atoms. The summed E-state index contributed by atoms with van der Waals surface area (Å²) in [5, 5.41) is 8.99. The largest absolute Gasteiger partial charge is 0.459 e. The number of amides is 1. The number of carbonyl (C=O) groups is 1. The van der Waals surface area contributed by atoms with Crippen LogP contribution in [0.15, 0.2) is 29.0 Å². The minimum atomic E-state index is -0.292. The highest BCUT2D eigenvalue weighted by Gasteiger charge is 2.12. The van der Waals surface area contributed by atoms with Crippen LogP contribution >= 0.6 is 0 Å². The molecule has 72 valence electrons. The van der Waals surface area contributed by atoms with Crippen molar-refractivity contribution in [1.29, 1.82) is 0 Å². The zero-order valence-corrected chi connectivity index (χ0v) is 7.57. The third-order valence-corrected chi connectivity index (χ3v) is 1.81. The molecule has 0 saturated carbocycles. The van der Waals surface area contributed by atoms with Gasteiger partial charge in [0, 0.05) is 17.8 Å². The summed E-state index contributed by atoms with van der Waals surface area (Å²) in [6.45, 7) is 1.81. The van der Waals surface area contributed by atoms with Crippen molar-refractivity contribution >= 4 is 11.7 Å². The Labute approximate surface area is 80.1 Å². The van der Waals surface area contributed by atoms with Crippen LogP contribution in [0.3, 0.4) is 0 Å². The molecule has 2 aromatic rings. The molecule has 0 aliphatic carbocycles. The summed E-state index contributed by atoms with van der Waals surface area (Å²) in [5.74, 6) is 0.499. The number of hydrogen-bond donors (Lipinski definition) is 2. The summed E-state index contributed by atoms with van der Waals surface area (Å²) in [6, 6.07) is 3.40. The number of carbonyl (C=O) groups excluding carboxylic acids is 1. The number of H-pyrrole nitrogens is 1. The highest BCUT2D eigenvalue weighted by Crippen LogP contribution is 2.10. The van der Waals surface area contributed by atoms with E-state index in [1.54, 1.807) is 18.3 Å². The minimum Gasteiger partial charge on any atom is -0.459 e. The highest BCUT2D eigenvalue weighted by atomic mass is 16.3. The Morgan fingerprint density at radius 1 is 1.57 bits per heavy atom. The summed E-state index contributed by atoms with van der Waals surface area (Å²) in [5.41, 5.74) is 0.804. The molecule has 5 heteroatoms. The van der Waals surface area contributed by atoms with Crippen LogP contribution < -0.4 is 5.32 Å². The van der Waals surface area contributed by atoms with E-state index in [4.69, 9.17) is 4.42 Å². The van der Waals surface area contributed by atoms with Crippen LogP contribution in [-0.2, 0) is 0 Å². The van der Waals surface area contributed by atoms with E-state index in [-0.39, 0.29) is 5.91 Å². The van der Waals surface area contributed by atoms with Crippen molar-refractivity contribution < 1.29 is 9.21 Å². The van der Waals surface area contributed by atoms with Gasteiger partial charge in [-0.2, -0.15) is 5.10 Å². The summed E-state index contributed by atoms with van der Waals surface area (Å²) in [6.07, 6.45) is 3.11. The van der Waals surface area contributed by atoms with Crippen LogP contribution in [0, 0.1) is 6.92 Å². The number of anilines is 1. The van der Waals surface area contributed by atoms with E-state index in [1.165, 1.54) is 6.26 Å². The summed E-state index contributed by atoms with van der Waals surface area (Å²) < 4.78 is 5.02. The molecule has 2 rings (SSSR count). The van der Waals surface area contributed by atoms with Crippen molar-refractivity contribution in [1.82, 2.24) is 10.2 Å². The highest BCUT2D eigenvalue weighted by molar-refractivity contribution is 6.02. The van der Waals surface area contributed by atoms with Gasteiger partial charge in [-0.25, -0.2) is 0 Å². The van der Waals surface area contributed by atoms with Gasteiger partial charge in [-0.1, -0.05) is 0 Å². The topological polar surface area (TPSA) is 70.9 Å². The average Bonchev–Trinajstić information content (AvgIpc) is 2.75. The molecule has 0 fully saturated rings. The maximum absolute atomic E-state index is 11.5. The molecule has 0 radical (unpaired) electrons. The van der Waals surface area contributed by atoms with Gasteiger partial charge in [0.1, 0.15) is 0 Å². The molecule has 0 unspecified atom stereocenters. The van der Waals surface area contributed by atoms with Gasteiger partial charge in [0.05, 0.1) is 6.26 Å². The van der Waals surface area contributed by atoms with Gasteiger partial charge >= 0.3 is 0 Å². The number of nitrogens with one attached hydrogen (secondary N) is 2. The average molecular weight is 191 g/mol. The van der Waals surface area contributed by atoms with E-state index in [9.17, 15) is 4.79 Å². The van der Waals surface area contributed by atoms with Crippen molar-refractivity contribution in [3.63, 3.8) is 0 Å². The summed E-state index contributed by atoms with van der Waals surface area (Å²) >= 11 is 0. The van der Waals surface area contributed by atoms with E-state index in [2.05, 4.69) is 15.5 Å². The predicted molar refractivity (Wildman–Crippen MR) is 50.0 cm³/mol. The van der Waals surface area contributed by atoms with Crippen LogP contribution in [0.5, 0.6) is 0 Å². The van der Waals surface area contributed by atoms with E-state index >= 15 is 0 Å². The zero-order chi connectivity index (χ0) is 9.97. The van der Waals surface area contributed by atoms with Crippen LogP contribution in [-0.4, -0.2) is 16.1 Å². The second-order valence-electron chi connectivity index (χ2n) is 2.85. The van der Waals surface area contributed by atoms with Gasteiger partial charge in [0.25, 0.3) is 5.91 Å². The molecule has 2 N–H and O–H groups in total. The van der Waals surface area contributed by atoms with E-state index in [0.717, 1.165) is 5.56 Å². The molecule has 0 aliphatic rings. The molecule has 0 saturated heterocycles. The molecule has 0 aromatic carbocycles. The first-order valence-electron chi connectivity index (χ1n) is 4.12. The standard InChI is InChI=1S/C9H9N3O2/c1-6-3-5-14-8(6)9(13)11-7-2-4-10-12-7/h2-5H,1H3,(H2,10,11,12,13). The third-order valence-electron chi connectivity index (χ3n) is 1.81. The summed E-state index contributed by atoms with van der Waals surface area (Å²) in [4.78, 5) is 11.5. The Bertz CT molecular complexity index is 431. The predicted octanol–water partition coefficient (Wildman–Crippen LogP) is 1.56. The lowest BCUT2D eigenvalue weighted by Crippen LogP contribution is -2.12. The number of hydrogen-bond acceptors (Lipinski definition) is 3. The second kappa shape index (κ2) is 3.37. The second-order valence-corrected chi connectivity index (χ2v) is 2.85. The lowest BCUT2D eigenvalue weighted by molar-refractivity contribution is 0.0995. The van der Waals surface area contributed by atoms with E-state index < -0.39 is 0 Å². The summed E-state index contributed by atoms with van der Waals surface area (Å²) in [7, 11) is 0. The van der Waals surface area contributed by atoms with Gasteiger partial charge in [-0.05, 0) is 13.0 Å². The normalized spacial score (nSPS) is 10.1. The first-order valence-corrected chi connectivity index (χ1v) is 4.12. The van der Waals surface area contributed by atoms with Crippen LogP contribution in [0.2, 0.25) is 0 Å². The van der Waals surface area contributed by atoms with Crippen molar-refractivity contribution in [3.05, 3.63) is 35.9 Å². The fourth-order valence-corrected chi connectivity index (χ4v) is 1.11. The first kappa shape index (κ1) is 8.55. The minimum absolute atomic E-state index is 0.292. The smallest absolute Gasteiger partial charge is 0.292 e. The Hall–Kier alpha value is -2.04. The van der Waals surface area contributed by atoms with Crippen molar-refractivity contribution in [2.45, 2.75) is 6.92 Å². The molecule has 0 atom stereocenters. The van der Waals surface area contributed by atoms with Crippen LogP contribution in [0.1, 0.15) is 16.1 Å². The molecular weight excluding hydrogens is 182 g/mol. The monoisotopic (exact) mass is 191 g/mol. The van der Waals surface area contributed by atoms with Crippen LogP contribution in [0.25, 0.3) is 0 Å². The lowest BCUT2D eigenvalue weighted by Gasteiger charge is -1.98. The van der Waals surface area contributed by atoms with Gasteiger partial charge in [0.15, 0.2) is 11.6 Å². The van der Waals surface area contributed by atoms with Gasteiger partial charge in [-0.3, -0.25) is 9.89 Å². The number of rotatable bonds is 2. The molecule has 2 heterocycles. The fraction of sp³-hybridized carbons (Fsp3) is 0.111. The Kier molecular flexibility index (Phi) is 2.06. The van der Waals surface area contributed by atoms with Crippen molar-refractivity contribution in [2.75, 3.05) is 5.32 Å². The molecule has 0 aliphatic heterocycles. The van der Waals surface area contributed by atoms with E-state index in [1.807, 2.05) is 6.92 Å². The number of aryl methyl sites for hydroxylation is 1. The molecule has 0 spiro atoms. The molecular formula is C9H9N3O2. The molecule has 14 heavy (non-hydrogen) atoms. The van der Waals surface area contributed by atoms with Gasteiger partial charge in [0.2, 0.25) is 0 Å². The maximum atomic E-state index is 11.5. The molecule has 5 nitrogen and oxygen atoms in total. The first-order chi connectivity index (χ1) is 6.77. The quantitative estimate of drug-likeness (QED) is 0.756. The number of furan rings is 1. The number of nitrogens with zero attached hydrogens (tertiary/aromatic N) is 1.